The maximum Gasteiger partial charge on any atom is 0.282 e. The van der Waals surface area contributed by atoms with E-state index in [2.05, 4.69) is 18.8 Å². The fourth-order valence-electron chi connectivity index (χ4n) is 2.45. The molecule has 1 aliphatic heterocycles. The van der Waals surface area contributed by atoms with Gasteiger partial charge in [0.1, 0.15) is 6.10 Å². The summed E-state index contributed by atoms with van der Waals surface area (Å²) in [5, 5.41) is 0. The Kier molecular flexibility index (Phi) is 2.41. The van der Waals surface area contributed by atoms with Gasteiger partial charge in [0.05, 0.1) is 6.54 Å². The lowest BCUT2D eigenvalue weighted by atomic mass is 9.71. The quantitative estimate of drug-likeness (QED) is 0.696. The van der Waals surface area contributed by atoms with Gasteiger partial charge in [-0.2, -0.15) is 0 Å². The van der Waals surface area contributed by atoms with E-state index < -0.39 is 0 Å². The molecule has 2 rings (SSSR count). The zero-order valence-corrected chi connectivity index (χ0v) is 9.12. The largest absolute Gasteiger partial charge is 0.460 e. The third-order valence-corrected chi connectivity index (χ3v) is 3.61. The maximum atomic E-state index is 5.51. The molecule has 0 spiro atoms. The van der Waals surface area contributed by atoms with Gasteiger partial charge in [0.2, 0.25) is 0 Å². The molecule has 2 aliphatic rings. The number of amidine groups is 1. The molecule has 0 bridgehead atoms. The van der Waals surface area contributed by atoms with Gasteiger partial charge in [-0.3, -0.25) is 0 Å². The molecule has 3 heteroatoms. The second-order valence-electron chi connectivity index (χ2n) is 5.34. The predicted octanol–water partition coefficient (Wildman–Crippen LogP) is 1.92. The SMILES string of the molecule is CC1(C)CCC(C2CN=C(N)O2)CC1. The van der Waals surface area contributed by atoms with Crippen molar-refractivity contribution in [3.05, 3.63) is 0 Å². The van der Waals surface area contributed by atoms with E-state index >= 15 is 0 Å². The fraction of sp³-hybridized carbons (Fsp3) is 0.909. The van der Waals surface area contributed by atoms with Gasteiger partial charge in [-0.25, -0.2) is 4.99 Å². The van der Waals surface area contributed by atoms with Crippen LogP contribution in [0.4, 0.5) is 0 Å². The van der Waals surface area contributed by atoms with Crippen LogP contribution in [-0.2, 0) is 4.74 Å². The first kappa shape index (κ1) is 9.81. The van der Waals surface area contributed by atoms with Crippen molar-refractivity contribution in [2.75, 3.05) is 6.54 Å². The van der Waals surface area contributed by atoms with E-state index in [1.165, 1.54) is 25.7 Å². The number of rotatable bonds is 1. The van der Waals surface area contributed by atoms with Gasteiger partial charge in [-0.1, -0.05) is 13.8 Å². The topological polar surface area (TPSA) is 47.6 Å². The standard InChI is InChI=1S/C11H20N2O/c1-11(2)5-3-8(4-6-11)9-7-13-10(12)14-9/h8-9H,3-7H2,1-2H3,(H2,12,13). The van der Waals surface area contributed by atoms with Gasteiger partial charge >= 0.3 is 0 Å². The lowest BCUT2D eigenvalue weighted by Gasteiger charge is -2.36. The Morgan fingerprint density at radius 3 is 2.50 bits per heavy atom. The minimum Gasteiger partial charge on any atom is -0.460 e. The van der Waals surface area contributed by atoms with Gasteiger partial charge in [-0.05, 0) is 37.0 Å². The number of nitrogens with zero attached hydrogens (tertiary/aromatic N) is 1. The Morgan fingerprint density at radius 1 is 1.36 bits per heavy atom. The van der Waals surface area contributed by atoms with Gasteiger partial charge in [0.25, 0.3) is 6.02 Å². The van der Waals surface area contributed by atoms with Gasteiger partial charge < -0.3 is 10.5 Å². The molecule has 3 nitrogen and oxygen atoms in total. The first-order valence-corrected chi connectivity index (χ1v) is 5.53. The highest BCUT2D eigenvalue weighted by Crippen LogP contribution is 2.40. The number of hydrogen-bond donors (Lipinski definition) is 1. The summed E-state index contributed by atoms with van der Waals surface area (Å²) in [6, 6.07) is 0.389. The number of aliphatic imine (C=N–C) groups is 1. The van der Waals surface area contributed by atoms with Crippen LogP contribution in [0.15, 0.2) is 4.99 Å². The van der Waals surface area contributed by atoms with Crippen LogP contribution in [0.1, 0.15) is 39.5 Å². The molecule has 1 heterocycles. The molecule has 1 fully saturated rings. The van der Waals surface area contributed by atoms with Crippen LogP contribution in [0.2, 0.25) is 0 Å². The van der Waals surface area contributed by atoms with Gasteiger partial charge in [-0.15, -0.1) is 0 Å². The first-order valence-electron chi connectivity index (χ1n) is 5.53. The highest BCUT2D eigenvalue weighted by Gasteiger charge is 2.34. The highest BCUT2D eigenvalue weighted by molar-refractivity contribution is 5.73. The smallest absolute Gasteiger partial charge is 0.282 e. The normalized spacial score (nSPS) is 32.4. The van der Waals surface area contributed by atoms with E-state index in [0.29, 0.717) is 17.4 Å². The molecule has 1 aliphatic carbocycles. The van der Waals surface area contributed by atoms with Gasteiger partial charge in [0.15, 0.2) is 0 Å². The number of hydrogen-bond acceptors (Lipinski definition) is 3. The zero-order chi connectivity index (χ0) is 10.2. The van der Waals surface area contributed by atoms with Crippen molar-refractivity contribution in [2.45, 2.75) is 45.6 Å². The van der Waals surface area contributed by atoms with E-state index in [1.54, 1.807) is 0 Å². The number of nitrogens with two attached hydrogens (primary N) is 1. The lowest BCUT2D eigenvalue weighted by Crippen LogP contribution is -2.32. The van der Waals surface area contributed by atoms with Crippen molar-refractivity contribution < 1.29 is 4.74 Å². The van der Waals surface area contributed by atoms with Crippen molar-refractivity contribution in [2.24, 2.45) is 22.1 Å². The Labute approximate surface area is 85.7 Å². The van der Waals surface area contributed by atoms with Crippen molar-refractivity contribution in [3.63, 3.8) is 0 Å². The average molecular weight is 196 g/mol. The van der Waals surface area contributed by atoms with Crippen LogP contribution in [0.5, 0.6) is 0 Å². The van der Waals surface area contributed by atoms with E-state index in [0.717, 1.165) is 6.54 Å². The molecule has 2 N–H and O–H groups in total. The molecule has 14 heavy (non-hydrogen) atoms. The van der Waals surface area contributed by atoms with Crippen molar-refractivity contribution >= 4 is 6.02 Å². The predicted molar refractivity (Wildman–Crippen MR) is 57.1 cm³/mol. The molecule has 1 atom stereocenters. The molecule has 0 amide bonds. The molecular weight excluding hydrogens is 176 g/mol. The molecular formula is C11H20N2O. The summed E-state index contributed by atoms with van der Waals surface area (Å²) in [6.45, 7) is 5.48. The summed E-state index contributed by atoms with van der Waals surface area (Å²) in [7, 11) is 0. The monoisotopic (exact) mass is 196 g/mol. The third kappa shape index (κ3) is 2.02. The lowest BCUT2D eigenvalue weighted by molar-refractivity contribution is 0.0848. The molecule has 1 saturated carbocycles. The van der Waals surface area contributed by atoms with E-state index in [1.807, 2.05) is 0 Å². The Balaban J connectivity index is 1.85. The Bertz CT molecular complexity index is 238. The Morgan fingerprint density at radius 2 is 2.00 bits per heavy atom. The molecule has 80 valence electrons. The summed E-state index contributed by atoms with van der Waals surface area (Å²) in [5.74, 6) is 0.674. The summed E-state index contributed by atoms with van der Waals surface area (Å²) in [6.07, 6.45) is 5.40. The van der Waals surface area contributed by atoms with Crippen LogP contribution in [-0.4, -0.2) is 18.7 Å². The number of ether oxygens (including phenoxy) is 1. The minimum atomic E-state index is 0.270. The Hall–Kier alpha value is -0.730. The van der Waals surface area contributed by atoms with Crippen LogP contribution < -0.4 is 5.73 Å². The zero-order valence-electron chi connectivity index (χ0n) is 9.12. The maximum absolute atomic E-state index is 5.51. The summed E-state index contributed by atoms with van der Waals surface area (Å²) in [4.78, 5) is 4.10. The second kappa shape index (κ2) is 3.44. The molecule has 0 aromatic rings. The van der Waals surface area contributed by atoms with E-state index in [-0.39, 0.29) is 6.10 Å². The van der Waals surface area contributed by atoms with Crippen molar-refractivity contribution in [1.29, 1.82) is 0 Å². The van der Waals surface area contributed by atoms with Crippen LogP contribution in [0.25, 0.3) is 0 Å². The average Bonchev–Trinajstić information content (AvgIpc) is 2.52. The van der Waals surface area contributed by atoms with Crippen LogP contribution in [0.3, 0.4) is 0 Å². The van der Waals surface area contributed by atoms with Crippen LogP contribution >= 0.6 is 0 Å². The van der Waals surface area contributed by atoms with Gasteiger partial charge in [0, 0.05) is 0 Å². The fourth-order valence-corrected chi connectivity index (χ4v) is 2.45. The molecule has 1 unspecified atom stereocenters. The third-order valence-electron chi connectivity index (χ3n) is 3.61. The van der Waals surface area contributed by atoms with E-state index in [4.69, 9.17) is 10.5 Å². The van der Waals surface area contributed by atoms with Crippen LogP contribution in [0, 0.1) is 11.3 Å². The van der Waals surface area contributed by atoms with Crippen molar-refractivity contribution in [1.82, 2.24) is 0 Å². The van der Waals surface area contributed by atoms with Crippen molar-refractivity contribution in [3.8, 4) is 0 Å². The summed E-state index contributed by atoms with van der Waals surface area (Å²) < 4.78 is 5.50. The molecule has 0 radical (unpaired) electrons. The summed E-state index contributed by atoms with van der Waals surface area (Å²) in [5.41, 5.74) is 6.04. The first-order chi connectivity index (χ1) is 6.57. The second-order valence-corrected chi connectivity index (χ2v) is 5.34. The van der Waals surface area contributed by atoms with E-state index in [9.17, 15) is 0 Å². The minimum absolute atomic E-state index is 0.270. The summed E-state index contributed by atoms with van der Waals surface area (Å²) >= 11 is 0. The molecule has 0 aromatic heterocycles. The highest BCUT2D eigenvalue weighted by atomic mass is 16.5. The molecule has 0 aromatic carbocycles. The molecule has 0 saturated heterocycles.